The lowest BCUT2D eigenvalue weighted by atomic mass is 9.90. The third-order valence-electron chi connectivity index (χ3n) is 5.77. The first kappa shape index (κ1) is 19.7. The van der Waals surface area contributed by atoms with Crippen LogP contribution in [0.15, 0.2) is 64.6 Å². The summed E-state index contributed by atoms with van der Waals surface area (Å²) < 4.78 is 34.9. The Bertz CT molecular complexity index is 1030. The van der Waals surface area contributed by atoms with Crippen LogP contribution in [0.2, 0.25) is 0 Å². The monoisotopic (exact) mass is 410 g/mol. The number of nitrogens with zero attached hydrogens (tertiary/aromatic N) is 2. The van der Waals surface area contributed by atoms with Gasteiger partial charge in [0.1, 0.15) is 16.5 Å². The van der Waals surface area contributed by atoms with Gasteiger partial charge in [-0.25, -0.2) is 0 Å². The highest BCUT2D eigenvalue weighted by Crippen LogP contribution is 2.35. The van der Waals surface area contributed by atoms with Gasteiger partial charge in [-0.2, -0.15) is 8.42 Å². The number of amidine groups is 1. The van der Waals surface area contributed by atoms with Crippen LogP contribution in [0.25, 0.3) is 4.91 Å². The van der Waals surface area contributed by atoms with Gasteiger partial charge in [0.2, 0.25) is 0 Å². The Morgan fingerprint density at radius 2 is 1.69 bits per heavy atom. The lowest BCUT2D eigenvalue weighted by molar-refractivity contribution is 0.266. The van der Waals surface area contributed by atoms with E-state index in [-0.39, 0.29) is 0 Å². The molecule has 6 heteroatoms. The summed E-state index contributed by atoms with van der Waals surface area (Å²) in [6, 6.07) is 17.7. The zero-order chi connectivity index (χ0) is 20.4. The fourth-order valence-electron chi connectivity index (χ4n) is 4.22. The molecule has 4 rings (SSSR count). The Morgan fingerprint density at radius 3 is 2.31 bits per heavy atom. The summed E-state index contributed by atoms with van der Waals surface area (Å²) in [7, 11) is -2.09. The molecule has 2 aromatic rings. The van der Waals surface area contributed by atoms with Crippen LogP contribution in [0, 0.1) is 5.92 Å². The molecular weight excluding hydrogens is 384 g/mol. The highest BCUT2D eigenvalue weighted by molar-refractivity contribution is 8.00. The van der Waals surface area contributed by atoms with Gasteiger partial charge >= 0.3 is 0 Å². The van der Waals surface area contributed by atoms with E-state index in [0.29, 0.717) is 28.0 Å². The number of sulfonamides is 1. The maximum atomic E-state index is 12.8. The predicted octanol–water partition coefficient (Wildman–Crippen LogP) is 4.12. The van der Waals surface area contributed by atoms with Crippen molar-refractivity contribution in [2.75, 3.05) is 20.2 Å². The SMILES string of the molecule is COc1ccc(C2=C(C)C(N3CCC(Cc4ccccc4)CC3)=NS2(=O)=O)cc1. The molecule has 2 aliphatic heterocycles. The minimum absolute atomic E-state index is 0.307. The van der Waals surface area contributed by atoms with E-state index in [4.69, 9.17) is 4.74 Å². The molecule has 0 atom stereocenters. The number of piperidine rings is 1. The number of hydrogen-bond donors (Lipinski definition) is 0. The molecule has 0 N–H and O–H groups in total. The summed E-state index contributed by atoms with van der Waals surface area (Å²) in [5.41, 5.74) is 2.75. The first-order valence-electron chi connectivity index (χ1n) is 9.97. The molecular formula is C23H26N2O3S. The topological polar surface area (TPSA) is 59.0 Å². The van der Waals surface area contributed by atoms with E-state index in [9.17, 15) is 8.42 Å². The number of rotatable bonds is 4. The van der Waals surface area contributed by atoms with Crippen molar-refractivity contribution in [1.29, 1.82) is 0 Å². The fourth-order valence-corrected chi connectivity index (χ4v) is 5.71. The third-order valence-corrected chi connectivity index (χ3v) is 7.25. The molecule has 0 radical (unpaired) electrons. The van der Waals surface area contributed by atoms with E-state index in [1.165, 1.54) is 5.56 Å². The van der Waals surface area contributed by atoms with E-state index in [2.05, 4.69) is 33.6 Å². The van der Waals surface area contributed by atoms with Gasteiger partial charge in [0.15, 0.2) is 0 Å². The standard InChI is InChI=1S/C23H26N2O3S/c1-17-22(20-8-10-21(28-2)11-9-20)29(26,27)24-23(17)25-14-12-19(13-15-25)16-18-6-4-3-5-7-18/h3-11,19H,12-16H2,1-2H3. The second-order valence-corrected chi connectivity index (χ2v) is 9.23. The first-order valence-corrected chi connectivity index (χ1v) is 11.4. The molecule has 2 aliphatic rings. The van der Waals surface area contributed by atoms with Crippen LogP contribution in [-0.2, 0) is 16.4 Å². The molecule has 0 bridgehead atoms. The van der Waals surface area contributed by atoms with Crippen molar-refractivity contribution in [1.82, 2.24) is 4.90 Å². The molecule has 1 saturated heterocycles. The molecule has 0 amide bonds. The smallest absolute Gasteiger partial charge is 0.285 e. The minimum atomic E-state index is -3.68. The van der Waals surface area contributed by atoms with E-state index in [1.54, 1.807) is 31.4 Å². The van der Waals surface area contributed by atoms with Crippen LogP contribution in [0.3, 0.4) is 0 Å². The third kappa shape index (κ3) is 4.08. The highest BCUT2D eigenvalue weighted by Gasteiger charge is 2.34. The van der Waals surface area contributed by atoms with Gasteiger partial charge in [0.05, 0.1) is 7.11 Å². The zero-order valence-corrected chi connectivity index (χ0v) is 17.7. The Labute approximate surface area is 172 Å². The zero-order valence-electron chi connectivity index (χ0n) is 16.8. The second-order valence-electron chi connectivity index (χ2n) is 7.69. The van der Waals surface area contributed by atoms with Gasteiger partial charge in [-0.05, 0) is 67.5 Å². The highest BCUT2D eigenvalue weighted by atomic mass is 32.2. The maximum absolute atomic E-state index is 12.8. The van der Waals surface area contributed by atoms with Gasteiger partial charge in [0, 0.05) is 18.7 Å². The van der Waals surface area contributed by atoms with Crippen LogP contribution in [0.4, 0.5) is 0 Å². The van der Waals surface area contributed by atoms with Crippen LogP contribution >= 0.6 is 0 Å². The normalized spacial score (nSPS) is 19.4. The molecule has 2 heterocycles. The molecule has 29 heavy (non-hydrogen) atoms. The molecule has 5 nitrogen and oxygen atoms in total. The molecule has 2 aromatic carbocycles. The number of benzene rings is 2. The van der Waals surface area contributed by atoms with Gasteiger partial charge in [0.25, 0.3) is 10.0 Å². The van der Waals surface area contributed by atoms with Gasteiger partial charge in [-0.15, -0.1) is 4.40 Å². The first-order chi connectivity index (χ1) is 14.0. The molecule has 0 aromatic heterocycles. The maximum Gasteiger partial charge on any atom is 0.285 e. The Hall–Kier alpha value is -2.60. The van der Waals surface area contributed by atoms with Crippen molar-refractivity contribution >= 4 is 20.8 Å². The van der Waals surface area contributed by atoms with Crippen molar-refractivity contribution in [3.8, 4) is 5.75 Å². The number of methoxy groups -OCH3 is 1. The number of hydrogen-bond acceptors (Lipinski definition) is 4. The largest absolute Gasteiger partial charge is 0.497 e. The lowest BCUT2D eigenvalue weighted by Gasteiger charge is -2.33. The summed E-state index contributed by atoms with van der Waals surface area (Å²) in [6.07, 6.45) is 3.16. The van der Waals surface area contributed by atoms with E-state index < -0.39 is 10.0 Å². The second kappa shape index (κ2) is 8.03. The Balaban J connectivity index is 1.49. The van der Waals surface area contributed by atoms with Crippen molar-refractivity contribution in [2.24, 2.45) is 10.3 Å². The van der Waals surface area contributed by atoms with Crippen molar-refractivity contribution in [3.05, 3.63) is 71.3 Å². The molecule has 0 unspecified atom stereocenters. The summed E-state index contributed by atoms with van der Waals surface area (Å²) in [5.74, 6) is 1.93. The molecule has 152 valence electrons. The van der Waals surface area contributed by atoms with E-state index >= 15 is 0 Å². The van der Waals surface area contributed by atoms with Gasteiger partial charge in [-0.1, -0.05) is 30.3 Å². The number of likely N-dealkylation sites (tertiary alicyclic amines) is 1. The van der Waals surface area contributed by atoms with Crippen molar-refractivity contribution < 1.29 is 13.2 Å². The van der Waals surface area contributed by atoms with Crippen LogP contribution in [0.5, 0.6) is 5.75 Å². The Kier molecular flexibility index (Phi) is 5.46. The minimum Gasteiger partial charge on any atom is -0.497 e. The average Bonchev–Trinajstić information content (AvgIpc) is 2.98. The lowest BCUT2D eigenvalue weighted by Crippen LogP contribution is -2.39. The quantitative estimate of drug-likeness (QED) is 0.761. The van der Waals surface area contributed by atoms with Crippen LogP contribution < -0.4 is 4.74 Å². The van der Waals surface area contributed by atoms with E-state index in [0.717, 1.165) is 37.9 Å². The van der Waals surface area contributed by atoms with E-state index in [1.807, 2.05) is 13.0 Å². The fraction of sp³-hybridized carbons (Fsp3) is 0.348. The summed E-state index contributed by atoms with van der Waals surface area (Å²) in [4.78, 5) is 2.44. The molecule has 0 spiro atoms. The number of ether oxygens (including phenoxy) is 1. The van der Waals surface area contributed by atoms with Crippen LogP contribution in [0.1, 0.15) is 30.9 Å². The van der Waals surface area contributed by atoms with Crippen molar-refractivity contribution in [3.63, 3.8) is 0 Å². The van der Waals surface area contributed by atoms with Crippen LogP contribution in [-0.4, -0.2) is 39.4 Å². The summed E-state index contributed by atoms with van der Waals surface area (Å²) >= 11 is 0. The Morgan fingerprint density at radius 1 is 1.03 bits per heavy atom. The summed E-state index contributed by atoms with van der Waals surface area (Å²) in [6.45, 7) is 3.52. The predicted molar refractivity (Wildman–Crippen MR) is 116 cm³/mol. The average molecular weight is 411 g/mol. The van der Waals surface area contributed by atoms with Gasteiger partial charge < -0.3 is 9.64 Å². The van der Waals surface area contributed by atoms with Gasteiger partial charge in [-0.3, -0.25) is 0 Å². The van der Waals surface area contributed by atoms with Crippen molar-refractivity contribution in [2.45, 2.75) is 26.2 Å². The summed E-state index contributed by atoms with van der Waals surface area (Å²) in [5, 5.41) is 0. The molecule has 0 saturated carbocycles. The molecule has 0 aliphatic carbocycles. The molecule has 1 fully saturated rings.